The Bertz CT molecular complexity index is 965. The Morgan fingerprint density at radius 2 is 2.07 bits per heavy atom. The van der Waals surface area contributed by atoms with Gasteiger partial charge in [-0.1, -0.05) is 0 Å². The summed E-state index contributed by atoms with van der Waals surface area (Å²) in [6.45, 7) is 2.46. The van der Waals surface area contributed by atoms with Crippen molar-refractivity contribution in [3.8, 4) is 5.88 Å². The number of amides is 1. The molecule has 0 bridgehead atoms. The van der Waals surface area contributed by atoms with E-state index in [1.807, 2.05) is 6.92 Å². The Labute approximate surface area is 161 Å². The molecule has 0 unspecified atom stereocenters. The van der Waals surface area contributed by atoms with E-state index in [4.69, 9.17) is 10.5 Å². The van der Waals surface area contributed by atoms with Crippen LogP contribution in [0.4, 0.5) is 21.6 Å². The van der Waals surface area contributed by atoms with Crippen molar-refractivity contribution >= 4 is 23.1 Å². The van der Waals surface area contributed by atoms with E-state index in [0.717, 1.165) is 0 Å². The fourth-order valence-electron chi connectivity index (χ4n) is 2.40. The number of pyridine rings is 1. The van der Waals surface area contributed by atoms with E-state index in [2.05, 4.69) is 25.6 Å². The van der Waals surface area contributed by atoms with Crippen LogP contribution in [0.25, 0.3) is 0 Å². The number of nitrogens with two attached hydrogens (primary N) is 1. The number of anilines is 3. The molecule has 1 aromatic carbocycles. The minimum Gasteiger partial charge on any atom is -0.477 e. The molecule has 0 saturated heterocycles. The number of aromatic nitrogens is 3. The van der Waals surface area contributed by atoms with Gasteiger partial charge in [-0.3, -0.25) is 4.79 Å². The first-order valence-electron chi connectivity index (χ1n) is 8.55. The maximum atomic E-state index is 14.1. The molecule has 9 heteroatoms. The van der Waals surface area contributed by atoms with Gasteiger partial charge >= 0.3 is 0 Å². The van der Waals surface area contributed by atoms with E-state index in [0.29, 0.717) is 35.2 Å². The molecule has 28 heavy (non-hydrogen) atoms. The highest BCUT2D eigenvalue weighted by atomic mass is 19.1. The first-order valence-corrected chi connectivity index (χ1v) is 8.55. The number of halogens is 1. The molecule has 144 valence electrons. The Balaban J connectivity index is 1.68. The average molecular weight is 382 g/mol. The highest BCUT2D eigenvalue weighted by molar-refractivity contribution is 6.02. The van der Waals surface area contributed by atoms with Crippen LogP contribution >= 0.6 is 0 Å². The summed E-state index contributed by atoms with van der Waals surface area (Å²) in [5.74, 6) is -0.211. The number of carbonyl (C=O) groups is 1. The molecule has 0 atom stereocenters. The Hall–Kier alpha value is -3.75. The SMILES string of the molecule is CCOc1cnc(C(=O)Nc2ccc(F)c(CNc3cccnc3N)c2)cn1. The van der Waals surface area contributed by atoms with E-state index in [1.165, 1.54) is 30.6 Å². The first-order chi connectivity index (χ1) is 13.6. The van der Waals surface area contributed by atoms with Crippen molar-refractivity contribution in [3.63, 3.8) is 0 Å². The van der Waals surface area contributed by atoms with Crippen molar-refractivity contribution in [1.82, 2.24) is 15.0 Å². The molecular weight excluding hydrogens is 363 g/mol. The normalized spacial score (nSPS) is 10.4. The summed E-state index contributed by atoms with van der Waals surface area (Å²) in [5, 5.41) is 5.70. The Morgan fingerprint density at radius 3 is 2.79 bits per heavy atom. The number of hydrogen-bond acceptors (Lipinski definition) is 7. The number of hydrogen-bond donors (Lipinski definition) is 3. The van der Waals surface area contributed by atoms with Crippen LogP contribution < -0.4 is 21.1 Å². The molecule has 0 spiro atoms. The van der Waals surface area contributed by atoms with Crippen molar-refractivity contribution in [2.75, 3.05) is 23.0 Å². The first kappa shape index (κ1) is 19.0. The van der Waals surface area contributed by atoms with Gasteiger partial charge in [-0.2, -0.15) is 0 Å². The number of benzene rings is 1. The van der Waals surface area contributed by atoms with Crippen molar-refractivity contribution in [3.05, 3.63) is 66.0 Å². The minimum absolute atomic E-state index is 0.121. The Kier molecular flexibility index (Phi) is 5.95. The third-order valence-electron chi connectivity index (χ3n) is 3.76. The zero-order chi connectivity index (χ0) is 19.9. The quantitative estimate of drug-likeness (QED) is 0.575. The summed E-state index contributed by atoms with van der Waals surface area (Å²) in [5.41, 5.74) is 7.27. The number of rotatable bonds is 7. The molecule has 2 heterocycles. The van der Waals surface area contributed by atoms with Crippen molar-refractivity contribution in [2.24, 2.45) is 0 Å². The van der Waals surface area contributed by atoms with Crippen LogP contribution in [0.5, 0.6) is 5.88 Å². The van der Waals surface area contributed by atoms with Crippen LogP contribution in [0, 0.1) is 5.82 Å². The summed E-state index contributed by atoms with van der Waals surface area (Å²) in [6, 6.07) is 7.76. The van der Waals surface area contributed by atoms with Gasteiger partial charge in [0, 0.05) is 24.0 Å². The molecule has 2 aromatic heterocycles. The lowest BCUT2D eigenvalue weighted by atomic mass is 10.1. The highest BCUT2D eigenvalue weighted by Crippen LogP contribution is 2.19. The van der Waals surface area contributed by atoms with E-state index in [-0.39, 0.29) is 12.2 Å². The van der Waals surface area contributed by atoms with E-state index < -0.39 is 11.7 Å². The molecule has 0 aliphatic heterocycles. The molecule has 3 aromatic rings. The topological polar surface area (TPSA) is 115 Å². The van der Waals surface area contributed by atoms with Crippen LogP contribution in [0.2, 0.25) is 0 Å². The maximum absolute atomic E-state index is 14.1. The van der Waals surface area contributed by atoms with Gasteiger partial charge in [-0.25, -0.2) is 19.3 Å². The molecule has 0 aliphatic carbocycles. The van der Waals surface area contributed by atoms with Crippen molar-refractivity contribution < 1.29 is 13.9 Å². The van der Waals surface area contributed by atoms with Crippen LogP contribution in [0.1, 0.15) is 23.0 Å². The van der Waals surface area contributed by atoms with E-state index in [1.54, 1.807) is 18.3 Å². The predicted molar refractivity (Wildman–Crippen MR) is 104 cm³/mol. The van der Waals surface area contributed by atoms with Crippen LogP contribution in [-0.2, 0) is 6.54 Å². The Morgan fingerprint density at radius 1 is 1.21 bits per heavy atom. The maximum Gasteiger partial charge on any atom is 0.275 e. The fourth-order valence-corrected chi connectivity index (χ4v) is 2.40. The lowest BCUT2D eigenvalue weighted by Gasteiger charge is -2.11. The second-order valence-corrected chi connectivity index (χ2v) is 5.72. The summed E-state index contributed by atoms with van der Waals surface area (Å²) in [6.07, 6.45) is 4.26. The van der Waals surface area contributed by atoms with Crippen molar-refractivity contribution in [1.29, 1.82) is 0 Å². The third kappa shape index (κ3) is 4.70. The second kappa shape index (κ2) is 8.76. The molecule has 0 saturated carbocycles. The monoisotopic (exact) mass is 382 g/mol. The van der Waals surface area contributed by atoms with Gasteiger partial charge in [0.05, 0.1) is 24.7 Å². The highest BCUT2D eigenvalue weighted by Gasteiger charge is 2.11. The number of carbonyl (C=O) groups excluding carboxylic acids is 1. The molecule has 8 nitrogen and oxygen atoms in total. The van der Waals surface area contributed by atoms with E-state index >= 15 is 0 Å². The van der Waals surface area contributed by atoms with Crippen LogP contribution in [-0.4, -0.2) is 27.5 Å². The number of nitrogen functional groups attached to an aromatic ring is 1. The lowest BCUT2D eigenvalue weighted by Crippen LogP contribution is -2.15. The van der Waals surface area contributed by atoms with Gasteiger partial charge in [0.2, 0.25) is 5.88 Å². The van der Waals surface area contributed by atoms with Gasteiger partial charge in [0.25, 0.3) is 5.91 Å². The number of ether oxygens (including phenoxy) is 1. The lowest BCUT2D eigenvalue weighted by molar-refractivity contribution is 0.102. The standard InChI is InChI=1S/C19H19FN6O2/c1-2-28-17-11-24-16(10-25-17)19(27)26-13-5-6-14(20)12(8-13)9-23-15-4-3-7-22-18(15)21/h3-8,10-11,23H,2,9H2,1H3,(H2,21,22)(H,26,27). The summed E-state index contributed by atoms with van der Waals surface area (Å²) in [7, 11) is 0. The predicted octanol–water partition coefficient (Wildman–Crippen LogP) is 2.86. The van der Waals surface area contributed by atoms with E-state index in [9.17, 15) is 9.18 Å². The van der Waals surface area contributed by atoms with Crippen LogP contribution in [0.3, 0.4) is 0 Å². The van der Waals surface area contributed by atoms with Gasteiger partial charge in [0.1, 0.15) is 17.3 Å². The average Bonchev–Trinajstić information content (AvgIpc) is 2.70. The fraction of sp³-hybridized carbons (Fsp3) is 0.158. The molecular formula is C19H19FN6O2. The van der Waals surface area contributed by atoms with Gasteiger partial charge in [-0.15, -0.1) is 0 Å². The molecule has 3 rings (SSSR count). The van der Waals surface area contributed by atoms with Gasteiger partial charge < -0.3 is 21.1 Å². The molecule has 0 radical (unpaired) electrons. The summed E-state index contributed by atoms with van der Waals surface area (Å²) < 4.78 is 19.3. The van der Waals surface area contributed by atoms with Crippen LogP contribution in [0.15, 0.2) is 48.9 Å². The summed E-state index contributed by atoms with van der Waals surface area (Å²) >= 11 is 0. The molecule has 1 amide bonds. The second-order valence-electron chi connectivity index (χ2n) is 5.72. The van der Waals surface area contributed by atoms with Gasteiger partial charge in [-0.05, 0) is 37.3 Å². The smallest absolute Gasteiger partial charge is 0.275 e. The zero-order valence-corrected chi connectivity index (χ0v) is 15.1. The molecule has 0 fully saturated rings. The summed E-state index contributed by atoms with van der Waals surface area (Å²) in [4.78, 5) is 24.3. The molecule has 0 aliphatic rings. The van der Waals surface area contributed by atoms with Gasteiger partial charge in [0.15, 0.2) is 0 Å². The van der Waals surface area contributed by atoms with Crippen molar-refractivity contribution in [2.45, 2.75) is 13.5 Å². The number of nitrogens with one attached hydrogen (secondary N) is 2. The largest absolute Gasteiger partial charge is 0.477 e. The molecule has 4 N–H and O–H groups in total. The number of nitrogens with zero attached hydrogens (tertiary/aromatic N) is 3. The zero-order valence-electron chi connectivity index (χ0n) is 15.1. The third-order valence-corrected chi connectivity index (χ3v) is 3.76. The minimum atomic E-state index is -0.461.